The van der Waals surface area contributed by atoms with E-state index in [1.54, 1.807) is 0 Å². The molecule has 1 fully saturated rings. The van der Waals surface area contributed by atoms with Gasteiger partial charge in [-0.2, -0.15) is 0 Å². The summed E-state index contributed by atoms with van der Waals surface area (Å²) in [5.74, 6) is -1.54. The maximum absolute atomic E-state index is 11.3. The molecule has 7 nitrogen and oxygen atoms in total. The van der Waals surface area contributed by atoms with Crippen molar-refractivity contribution < 1.29 is 19.5 Å². The van der Waals surface area contributed by atoms with Crippen LogP contribution < -0.4 is 11.1 Å². The van der Waals surface area contributed by atoms with Crippen LogP contribution in [0.3, 0.4) is 0 Å². The summed E-state index contributed by atoms with van der Waals surface area (Å²) >= 11 is 1.88. The number of carbonyl (C=O) groups excluding carboxylic acids is 2. The molecule has 15 heavy (non-hydrogen) atoms. The van der Waals surface area contributed by atoms with Gasteiger partial charge in [-0.05, 0) is 0 Å². The van der Waals surface area contributed by atoms with Gasteiger partial charge < -0.3 is 15.7 Å². The number of halogens is 1. The number of carboxylic acids is 1. The Bertz CT molecular complexity index is 309. The minimum Gasteiger partial charge on any atom is -0.480 e. The van der Waals surface area contributed by atoms with Crippen LogP contribution in [-0.2, 0) is 9.59 Å². The van der Waals surface area contributed by atoms with Gasteiger partial charge in [-0.25, -0.2) is 4.79 Å². The lowest BCUT2D eigenvalue weighted by atomic mass is 10.2. The van der Waals surface area contributed by atoms with Crippen LogP contribution in [0, 0.1) is 0 Å². The molecule has 0 aromatic heterocycles. The molecule has 0 aromatic carbocycles. The molecule has 0 bridgehead atoms. The number of hydrogen-bond donors (Lipinski definition) is 3. The van der Waals surface area contributed by atoms with E-state index in [1.165, 1.54) is 4.90 Å². The molecule has 0 saturated carbocycles. The van der Waals surface area contributed by atoms with Gasteiger partial charge >= 0.3 is 12.0 Å². The molecule has 3 amide bonds. The fraction of sp³-hybridized carbons (Fsp3) is 0.571. The number of amides is 3. The Morgan fingerprint density at radius 1 is 1.73 bits per heavy atom. The maximum Gasteiger partial charge on any atom is 0.324 e. The summed E-state index contributed by atoms with van der Waals surface area (Å²) in [6.45, 7) is 0.0835. The number of hydrogen-bond acceptors (Lipinski definition) is 4. The van der Waals surface area contributed by atoms with Crippen molar-refractivity contribution in [3.05, 3.63) is 0 Å². The van der Waals surface area contributed by atoms with Crippen LogP contribution in [0.4, 0.5) is 4.79 Å². The van der Waals surface area contributed by atoms with E-state index in [0.717, 1.165) is 0 Å². The van der Waals surface area contributed by atoms with Crippen molar-refractivity contribution in [3.63, 3.8) is 0 Å². The fourth-order valence-corrected chi connectivity index (χ4v) is 1.73. The number of nitrogens with zero attached hydrogens (tertiary/aromatic N) is 1. The lowest BCUT2D eigenvalue weighted by Gasteiger charge is -2.30. The molecule has 1 aliphatic heterocycles. The molecule has 0 aromatic rings. The highest BCUT2D eigenvalue weighted by Crippen LogP contribution is 2.09. The molecule has 1 heterocycles. The predicted molar refractivity (Wildman–Crippen MR) is 58.5 cm³/mol. The van der Waals surface area contributed by atoms with E-state index in [9.17, 15) is 14.4 Å². The Balaban J connectivity index is 2.59. The van der Waals surface area contributed by atoms with Gasteiger partial charge in [0.15, 0.2) is 0 Å². The van der Waals surface area contributed by atoms with Crippen LogP contribution in [0.1, 0.15) is 0 Å². The zero-order chi connectivity index (χ0) is 11.6. The lowest BCUT2D eigenvalue weighted by molar-refractivity contribution is -0.138. The van der Waals surface area contributed by atoms with Crippen LogP contribution in [0.5, 0.6) is 0 Å². The van der Waals surface area contributed by atoms with Crippen molar-refractivity contribution in [2.45, 2.75) is 9.97 Å². The zero-order valence-electron chi connectivity index (χ0n) is 7.64. The molecule has 1 unspecified atom stereocenters. The number of rotatable bonds is 3. The Labute approximate surface area is 99.1 Å². The zero-order valence-corrected chi connectivity index (χ0v) is 9.80. The number of alkyl halides is 1. The highest BCUT2D eigenvalue weighted by Gasteiger charge is 2.32. The van der Waals surface area contributed by atoms with Gasteiger partial charge in [-0.15, -0.1) is 0 Å². The third-order valence-corrected chi connectivity index (χ3v) is 2.88. The fourth-order valence-electron chi connectivity index (χ4n) is 1.10. The average Bonchev–Trinajstić information content (AvgIpc) is 2.13. The van der Waals surface area contributed by atoms with E-state index in [2.05, 4.69) is 5.32 Å². The van der Waals surface area contributed by atoms with Gasteiger partial charge in [0, 0.05) is 13.1 Å². The van der Waals surface area contributed by atoms with Crippen molar-refractivity contribution >= 4 is 40.5 Å². The van der Waals surface area contributed by atoms with Crippen molar-refractivity contribution in [1.29, 1.82) is 0 Å². The summed E-state index contributed by atoms with van der Waals surface area (Å²) in [4.78, 5) is 34.0. The first-order chi connectivity index (χ1) is 6.91. The van der Waals surface area contributed by atoms with E-state index >= 15 is 0 Å². The van der Waals surface area contributed by atoms with E-state index in [4.69, 9.17) is 10.8 Å². The van der Waals surface area contributed by atoms with Crippen LogP contribution in [0.25, 0.3) is 0 Å². The van der Waals surface area contributed by atoms with E-state index < -0.39 is 18.0 Å². The van der Waals surface area contributed by atoms with Crippen LogP contribution >= 0.6 is 22.6 Å². The second-order valence-corrected chi connectivity index (χ2v) is 4.62. The maximum atomic E-state index is 11.3. The first kappa shape index (κ1) is 12.2. The summed E-state index contributed by atoms with van der Waals surface area (Å²) in [5.41, 5.74) is 5.28. The van der Waals surface area contributed by atoms with Gasteiger partial charge in [0.2, 0.25) is 5.91 Å². The number of nitrogens with two attached hydrogens (primary N) is 1. The third kappa shape index (κ3) is 3.02. The number of nitrogens with one attached hydrogen (secondary N) is 1. The lowest BCUT2D eigenvalue weighted by Crippen LogP contribution is -2.58. The molecule has 0 spiro atoms. The van der Waals surface area contributed by atoms with Crippen LogP contribution in [0.15, 0.2) is 0 Å². The van der Waals surface area contributed by atoms with E-state index in [0.29, 0.717) is 0 Å². The Hall–Kier alpha value is -0.900. The summed E-state index contributed by atoms with van der Waals surface area (Å²) in [6.07, 6.45) is 0. The normalized spacial score (nSPS) is 23.6. The summed E-state index contributed by atoms with van der Waals surface area (Å²) in [6, 6.07) is -1.72. The predicted octanol–water partition coefficient (Wildman–Crippen LogP) is -1.25. The first-order valence-electron chi connectivity index (χ1n) is 4.14. The molecule has 1 saturated heterocycles. The molecular weight excluding hydrogens is 317 g/mol. The van der Waals surface area contributed by atoms with Gasteiger partial charge in [0.25, 0.3) is 0 Å². The van der Waals surface area contributed by atoms with Crippen molar-refractivity contribution in [2.24, 2.45) is 5.73 Å². The highest BCUT2D eigenvalue weighted by atomic mass is 127. The molecule has 1 rings (SSSR count). The number of imide groups is 1. The average molecular weight is 327 g/mol. The minimum atomic E-state index is -1.18. The van der Waals surface area contributed by atoms with Crippen LogP contribution in [-0.4, -0.2) is 51.0 Å². The third-order valence-electron chi connectivity index (χ3n) is 1.92. The Kier molecular flexibility index (Phi) is 3.85. The van der Waals surface area contributed by atoms with Crippen molar-refractivity contribution in [3.8, 4) is 0 Å². The second kappa shape index (κ2) is 4.75. The largest absolute Gasteiger partial charge is 0.480 e. The smallest absolute Gasteiger partial charge is 0.324 e. The number of carbonyl (C=O) groups is 3. The summed E-state index contributed by atoms with van der Waals surface area (Å²) < 4.78 is -0.374. The molecule has 8 heteroatoms. The van der Waals surface area contributed by atoms with Gasteiger partial charge in [-0.3, -0.25) is 14.9 Å². The molecule has 4 N–H and O–H groups in total. The molecule has 1 aliphatic rings. The summed E-state index contributed by atoms with van der Waals surface area (Å²) in [5, 5.41) is 10.7. The topological polar surface area (TPSA) is 113 Å². The van der Waals surface area contributed by atoms with Crippen LogP contribution in [0.2, 0.25) is 0 Å². The molecule has 0 radical (unpaired) electrons. The monoisotopic (exact) mass is 327 g/mol. The number of aliphatic carboxylic acids is 1. The van der Waals surface area contributed by atoms with Gasteiger partial charge in [0.1, 0.15) is 9.97 Å². The Morgan fingerprint density at radius 2 is 2.33 bits per heavy atom. The highest BCUT2D eigenvalue weighted by molar-refractivity contribution is 14.1. The van der Waals surface area contributed by atoms with Gasteiger partial charge in [0.05, 0.1) is 0 Å². The second-order valence-electron chi connectivity index (χ2n) is 3.11. The Morgan fingerprint density at radius 3 is 2.87 bits per heavy atom. The van der Waals surface area contributed by atoms with Crippen molar-refractivity contribution in [2.75, 3.05) is 13.1 Å². The molecule has 2 atom stereocenters. The summed E-state index contributed by atoms with van der Waals surface area (Å²) in [7, 11) is 0. The quantitative estimate of drug-likeness (QED) is 0.443. The van der Waals surface area contributed by atoms with Crippen molar-refractivity contribution in [1.82, 2.24) is 10.2 Å². The first-order valence-corrected chi connectivity index (χ1v) is 5.38. The van der Waals surface area contributed by atoms with E-state index in [1.807, 2.05) is 22.6 Å². The minimum absolute atomic E-state index is 0.103. The molecular formula is C7H10IN3O4. The number of urea groups is 1. The SMILES string of the molecule is N[C@@H](CN1CC(I)C(=O)NC1=O)C(=O)O. The standard InChI is InChI=1S/C7H10IN3O4/c8-3-1-11(2-4(9)6(13)14)7(15)10-5(3)12/h3-4H,1-2,9H2,(H,13,14)(H,10,12,15)/t3?,4-/m0/s1. The molecule has 0 aliphatic carbocycles. The van der Waals surface area contributed by atoms with E-state index in [-0.39, 0.29) is 22.9 Å². The number of carboxylic acid groups (broad SMARTS) is 1. The van der Waals surface area contributed by atoms with Gasteiger partial charge in [-0.1, -0.05) is 22.6 Å². The molecule has 84 valence electrons.